The van der Waals surface area contributed by atoms with Crippen molar-refractivity contribution in [3.8, 4) is 0 Å². The van der Waals surface area contributed by atoms with Crippen molar-refractivity contribution in [2.75, 3.05) is 6.54 Å². The van der Waals surface area contributed by atoms with E-state index >= 15 is 0 Å². The van der Waals surface area contributed by atoms with Gasteiger partial charge in [0.05, 0.1) is 73.2 Å². The Labute approximate surface area is 481 Å². The molecule has 0 aromatic carbocycles. The molecule has 0 unspecified atom stereocenters. The van der Waals surface area contributed by atoms with Gasteiger partial charge in [-0.05, 0) is 71.1 Å². The molecule has 0 radical (unpaired) electrons. The maximum atomic E-state index is 12.8. The van der Waals surface area contributed by atoms with Crippen LogP contribution < -0.4 is 11.5 Å². The van der Waals surface area contributed by atoms with Gasteiger partial charge in [-0.25, -0.2) is 4.79 Å². The average Bonchev–Trinajstić information content (AvgIpc) is 3.39. The first-order chi connectivity index (χ1) is 38.4. The zero-order valence-electron chi connectivity index (χ0n) is 47.9. The molecule has 0 rings (SSSR count). The van der Waals surface area contributed by atoms with E-state index in [0.29, 0.717) is 19.4 Å². The molecule has 0 aliphatic carbocycles. The first-order valence-corrected chi connectivity index (χ1v) is 28.1. The van der Waals surface area contributed by atoms with Crippen LogP contribution in [0.3, 0.4) is 0 Å². The predicted octanol–water partition coefficient (Wildman–Crippen LogP) is 5.23. The third-order valence-corrected chi connectivity index (χ3v) is 12.9. The number of carbonyl (C=O) groups excluding carboxylic acids is 1. The average molecular weight is 1140 g/mol. The smallest absolute Gasteiger partial charge is 0.331 e. The molecule has 81 heavy (non-hydrogen) atoms. The summed E-state index contributed by atoms with van der Waals surface area (Å²) in [7, 11) is 0. The van der Waals surface area contributed by atoms with Crippen molar-refractivity contribution in [2.24, 2.45) is 34.2 Å². The van der Waals surface area contributed by atoms with E-state index in [1.807, 2.05) is 55.5 Å². The number of aliphatic carboxylic acids is 1. The van der Waals surface area contributed by atoms with Gasteiger partial charge in [0.15, 0.2) is 5.96 Å². The Bertz CT molecular complexity index is 2140. The van der Waals surface area contributed by atoms with E-state index in [9.17, 15) is 70.9 Å². The highest BCUT2D eigenvalue weighted by atomic mass is 16.4. The van der Waals surface area contributed by atoms with E-state index in [1.54, 1.807) is 80.7 Å². The Hall–Kier alpha value is -5.45. The van der Waals surface area contributed by atoms with Gasteiger partial charge in [0.1, 0.15) is 5.78 Å². The quantitative estimate of drug-likeness (QED) is 0.00926. The summed E-state index contributed by atoms with van der Waals surface area (Å²) in [6.45, 7) is 7.19. The van der Waals surface area contributed by atoms with Crippen molar-refractivity contribution in [3.63, 3.8) is 0 Å². The van der Waals surface area contributed by atoms with Crippen LogP contribution in [-0.4, -0.2) is 164 Å². The highest BCUT2D eigenvalue weighted by molar-refractivity contribution is 5.86. The van der Waals surface area contributed by atoms with Crippen molar-refractivity contribution >= 4 is 17.7 Å². The number of unbranched alkanes of at least 4 members (excludes halogenated alkanes) is 1. The maximum absolute atomic E-state index is 12.8. The van der Waals surface area contributed by atoms with Crippen LogP contribution in [0.25, 0.3) is 0 Å². The number of hydrogen-bond acceptors (Lipinski definition) is 15. The molecule has 0 saturated heterocycles. The summed E-state index contributed by atoms with van der Waals surface area (Å²) in [4.78, 5) is 27.4. The summed E-state index contributed by atoms with van der Waals surface area (Å²) in [6.07, 6.45) is 34.1. The molecule has 0 bridgehead atoms. The summed E-state index contributed by atoms with van der Waals surface area (Å²) in [6, 6.07) is 0. The summed E-state index contributed by atoms with van der Waals surface area (Å²) >= 11 is 0. The van der Waals surface area contributed by atoms with Crippen LogP contribution in [0.5, 0.6) is 0 Å². The second-order valence-electron chi connectivity index (χ2n) is 20.5. The molecule has 17 N–H and O–H groups in total. The Morgan fingerprint density at radius 3 is 1.48 bits per heavy atom. The minimum atomic E-state index is -1.17. The first kappa shape index (κ1) is 75.5. The van der Waals surface area contributed by atoms with Crippen LogP contribution in [0.4, 0.5) is 0 Å². The predicted molar refractivity (Wildman–Crippen MR) is 321 cm³/mol. The van der Waals surface area contributed by atoms with E-state index in [1.165, 1.54) is 43.4 Å². The van der Waals surface area contributed by atoms with Crippen molar-refractivity contribution in [2.45, 2.75) is 191 Å². The largest absolute Gasteiger partial charge is 0.478 e. The maximum Gasteiger partial charge on any atom is 0.331 e. The number of nitrogens with two attached hydrogens (primary N) is 2. The zero-order chi connectivity index (χ0) is 61.0. The number of ketones is 1. The lowest BCUT2D eigenvalue weighted by atomic mass is 9.88. The first-order valence-electron chi connectivity index (χ1n) is 28.1. The minimum Gasteiger partial charge on any atom is -0.478 e. The number of guanidine groups is 1. The van der Waals surface area contributed by atoms with Crippen LogP contribution in [0, 0.1) is 17.8 Å². The van der Waals surface area contributed by atoms with Gasteiger partial charge in [0.2, 0.25) is 0 Å². The van der Waals surface area contributed by atoms with E-state index in [4.69, 9.17) is 16.6 Å². The molecule has 0 aromatic rings. The van der Waals surface area contributed by atoms with Crippen LogP contribution in [-0.2, 0) is 9.59 Å². The molecule has 18 nitrogen and oxygen atoms in total. The normalized spacial score (nSPS) is 19.1. The van der Waals surface area contributed by atoms with Gasteiger partial charge in [-0.15, -0.1) is 0 Å². The number of aliphatic hydroxyl groups excluding tert-OH is 12. The molecule has 0 saturated carbocycles. The molecule has 15 atom stereocenters. The Morgan fingerprint density at radius 1 is 0.481 bits per heavy atom. The zero-order valence-corrected chi connectivity index (χ0v) is 47.9. The minimum absolute atomic E-state index is 0.00371. The van der Waals surface area contributed by atoms with E-state index in [0.717, 1.165) is 12.8 Å². The van der Waals surface area contributed by atoms with E-state index < -0.39 is 85.1 Å². The highest BCUT2D eigenvalue weighted by Crippen LogP contribution is 2.20. The standard InChI is InChI=1S/C63H99N3O15/c1-45(27-19-15-11-10-12-16-20-28-46(2)62(80)81)61(79)48(4)59(77)37-22-18-14-9-7-5-6-8-13-17-21-36-58(76)47(3)60(78)44-57(75)43-54(72)34-25-33-53(71)42-56(74)41-52(70)32-24-31-50(68)39-49(67)29-23-30-51(69)40-55(73)35-26-38-66-63(64)65/h5-10,12-14,16-25,27-29,32,34,37,45,47-59,61,67-77,79H,11,15,26,30-31,33,35-36,38-44H2,1-4H3,(H,80,81)(H4,64,65,66)/t45-,47-,48-,49+,50+,51-,52-,53-,54+,55+,56+,57+,58-,59+,61-/m0/s1. The van der Waals surface area contributed by atoms with Gasteiger partial charge in [0, 0.05) is 55.6 Å². The van der Waals surface area contributed by atoms with Crippen molar-refractivity contribution in [1.29, 1.82) is 0 Å². The number of carboxylic acid groups (broad SMARTS) is 1. The molecule has 0 aliphatic rings. The summed E-state index contributed by atoms with van der Waals surface area (Å²) in [5.41, 5.74) is 10.8. The number of rotatable bonds is 45. The van der Waals surface area contributed by atoms with Gasteiger partial charge < -0.3 is 77.9 Å². The summed E-state index contributed by atoms with van der Waals surface area (Å²) < 4.78 is 0. The topological polar surface area (TPSA) is 362 Å². The Kier molecular flexibility index (Phi) is 43.9. The van der Waals surface area contributed by atoms with E-state index in [2.05, 4.69) is 4.99 Å². The second kappa shape index (κ2) is 47.1. The monoisotopic (exact) mass is 1140 g/mol. The fourth-order valence-electron chi connectivity index (χ4n) is 7.81. The third-order valence-electron chi connectivity index (χ3n) is 12.9. The lowest BCUT2D eigenvalue weighted by Crippen LogP contribution is -2.32. The van der Waals surface area contributed by atoms with Crippen LogP contribution in [0.2, 0.25) is 0 Å². The van der Waals surface area contributed by atoms with Crippen LogP contribution in [0.1, 0.15) is 118 Å². The number of allylic oxidation sites excluding steroid dienone is 16. The number of hydrogen-bond donors (Lipinski definition) is 15. The lowest BCUT2D eigenvalue weighted by Gasteiger charge is -2.25. The molecule has 0 spiro atoms. The summed E-state index contributed by atoms with van der Waals surface area (Å²) in [5, 5.41) is 133. The van der Waals surface area contributed by atoms with Gasteiger partial charge in [-0.2, -0.15) is 0 Å². The fraction of sp³-hybridized carbons (Fsp3) is 0.540. The van der Waals surface area contributed by atoms with Crippen molar-refractivity contribution in [3.05, 3.63) is 157 Å². The lowest BCUT2D eigenvalue weighted by molar-refractivity contribution is -0.132. The molecule has 0 heterocycles. The number of carboxylic acids is 1. The second-order valence-corrected chi connectivity index (χ2v) is 20.5. The third kappa shape index (κ3) is 43.0. The number of aliphatic imine (C=N–C) groups is 1. The van der Waals surface area contributed by atoms with E-state index in [-0.39, 0.29) is 93.4 Å². The van der Waals surface area contributed by atoms with Gasteiger partial charge in [-0.1, -0.05) is 173 Å². The van der Waals surface area contributed by atoms with Crippen LogP contribution >= 0.6 is 0 Å². The van der Waals surface area contributed by atoms with Gasteiger partial charge in [-0.3, -0.25) is 9.79 Å². The molecular weight excluding hydrogens is 1040 g/mol. The summed E-state index contributed by atoms with van der Waals surface area (Å²) in [5.74, 6) is -2.64. The molecular formula is C63H99N3O15. The van der Waals surface area contributed by atoms with Crippen molar-refractivity contribution < 1.29 is 76.0 Å². The molecule has 456 valence electrons. The van der Waals surface area contributed by atoms with Crippen LogP contribution in [0.15, 0.2) is 162 Å². The Balaban J connectivity index is 4.48. The molecule has 0 amide bonds. The Morgan fingerprint density at radius 2 is 0.938 bits per heavy atom. The number of nitrogens with zero attached hydrogens (tertiary/aromatic N) is 1. The number of aliphatic hydroxyl groups is 12. The molecule has 0 fully saturated rings. The fourth-order valence-corrected chi connectivity index (χ4v) is 7.81. The van der Waals surface area contributed by atoms with Gasteiger partial charge in [0.25, 0.3) is 0 Å². The number of Topliss-reactive ketones (excluding diaryl/α,β-unsaturated/α-hetero) is 1. The molecule has 18 heteroatoms. The highest BCUT2D eigenvalue weighted by Gasteiger charge is 2.25. The van der Waals surface area contributed by atoms with Gasteiger partial charge >= 0.3 is 5.97 Å². The number of carbonyl (C=O) groups is 2. The molecule has 0 aromatic heterocycles. The SMILES string of the molecule is CC(=CC=CC=CCCC=C[C@H](C)[C@H](O)[C@@H](C)[C@H](O)C=CC=CC=CC=CC=CC=CC[C@H](O)[C@H](C)C(=O)C[C@H](O)C[C@H](O)C=CC[C@H](O)C[C@H](O)C[C@@H](O)C=CC[C@@H](O)C[C@H](O)C=CC[C@H](O)C[C@H](O)CCCN=C(N)N)C(=O)O. The molecule has 0 aliphatic heterocycles. The van der Waals surface area contributed by atoms with Crippen molar-refractivity contribution in [1.82, 2.24) is 0 Å².